The molecule has 0 bridgehead atoms. The molecular weight excluding hydrogens is 233 g/mol. The Balaban J connectivity index is 2.54. The summed E-state index contributed by atoms with van der Waals surface area (Å²) in [6, 6.07) is 6.80. The highest BCUT2D eigenvalue weighted by molar-refractivity contribution is 6.35. The SMILES string of the molecule is Oc1cncc(-c2cc(Cl)cc(Cl)c2)c1. The van der Waals surface area contributed by atoms with Crippen LogP contribution < -0.4 is 0 Å². The van der Waals surface area contributed by atoms with Crippen molar-refractivity contribution in [2.45, 2.75) is 0 Å². The van der Waals surface area contributed by atoms with Crippen molar-refractivity contribution in [3.05, 3.63) is 46.7 Å². The van der Waals surface area contributed by atoms with Gasteiger partial charge in [0.25, 0.3) is 0 Å². The fraction of sp³-hybridized carbons (Fsp3) is 0. The summed E-state index contributed by atoms with van der Waals surface area (Å²) in [7, 11) is 0. The van der Waals surface area contributed by atoms with Gasteiger partial charge in [-0.3, -0.25) is 4.98 Å². The Kier molecular flexibility index (Phi) is 2.80. The van der Waals surface area contributed by atoms with E-state index >= 15 is 0 Å². The molecule has 1 aromatic carbocycles. The van der Waals surface area contributed by atoms with Crippen LogP contribution in [0.1, 0.15) is 0 Å². The van der Waals surface area contributed by atoms with Gasteiger partial charge in [-0.15, -0.1) is 0 Å². The first-order valence-electron chi connectivity index (χ1n) is 4.25. The van der Waals surface area contributed by atoms with E-state index in [1.165, 1.54) is 6.20 Å². The molecule has 0 aliphatic carbocycles. The highest BCUT2D eigenvalue weighted by Crippen LogP contribution is 2.28. The summed E-state index contributed by atoms with van der Waals surface area (Å²) < 4.78 is 0. The average Bonchev–Trinajstić information content (AvgIpc) is 2.16. The van der Waals surface area contributed by atoms with Crippen LogP contribution >= 0.6 is 23.2 Å². The first kappa shape index (κ1) is 10.3. The summed E-state index contributed by atoms with van der Waals surface area (Å²) in [5.74, 6) is 0.114. The minimum atomic E-state index is 0.114. The predicted molar refractivity (Wildman–Crippen MR) is 61.4 cm³/mol. The van der Waals surface area contributed by atoms with Crippen molar-refractivity contribution < 1.29 is 5.11 Å². The lowest BCUT2D eigenvalue weighted by molar-refractivity contribution is 0.473. The molecule has 1 heterocycles. The van der Waals surface area contributed by atoms with Crippen LogP contribution in [-0.4, -0.2) is 10.1 Å². The molecule has 2 nitrogen and oxygen atoms in total. The zero-order chi connectivity index (χ0) is 10.8. The van der Waals surface area contributed by atoms with Crippen molar-refractivity contribution in [2.24, 2.45) is 0 Å². The molecule has 1 aromatic heterocycles. The number of nitrogens with zero attached hydrogens (tertiary/aromatic N) is 1. The summed E-state index contributed by atoms with van der Waals surface area (Å²) in [5.41, 5.74) is 1.61. The number of aromatic nitrogens is 1. The molecule has 15 heavy (non-hydrogen) atoms. The van der Waals surface area contributed by atoms with Crippen LogP contribution in [0.3, 0.4) is 0 Å². The normalized spacial score (nSPS) is 10.3. The molecule has 0 fully saturated rings. The lowest BCUT2D eigenvalue weighted by Crippen LogP contribution is -1.80. The number of pyridine rings is 1. The quantitative estimate of drug-likeness (QED) is 0.823. The molecule has 4 heteroatoms. The smallest absolute Gasteiger partial charge is 0.134 e. The third-order valence-electron chi connectivity index (χ3n) is 1.92. The second-order valence-electron chi connectivity index (χ2n) is 3.09. The average molecular weight is 240 g/mol. The van der Waals surface area contributed by atoms with Crippen LogP contribution in [0.4, 0.5) is 0 Å². The zero-order valence-electron chi connectivity index (χ0n) is 7.61. The Morgan fingerprint density at radius 3 is 2.13 bits per heavy atom. The van der Waals surface area contributed by atoms with E-state index in [1.807, 2.05) is 0 Å². The van der Waals surface area contributed by atoms with E-state index in [0.29, 0.717) is 10.0 Å². The lowest BCUT2D eigenvalue weighted by atomic mass is 10.1. The van der Waals surface area contributed by atoms with E-state index in [-0.39, 0.29) is 5.75 Å². The Morgan fingerprint density at radius 2 is 1.53 bits per heavy atom. The molecule has 0 saturated heterocycles. The van der Waals surface area contributed by atoms with Gasteiger partial charge < -0.3 is 5.11 Å². The zero-order valence-corrected chi connectivity index (χ0v) is 9.13. The van der Waals surface area contributed by atoms with Crippen molar-refractivity contribution in [3.63, 3.8) is 0 Å². The molecule has 0 unspecified atom stereocenters. The van der Waals surface area contributed by atoms with Gasteiger partial charge in [0.2, 0.25) is 0 Å². The summed E-state index contributed by atoms with van der Waals surface area (Å²) in [5, 5.41) is 10.4. The third-order valence-corrected chi connectivity index (χ3v) is 2.36. The molecule has 76 valence electrons. The maximum atomic E-state index is 9.28. The van der Waals surface area contributed by atoms with Gasteiger partial charge in [0.05, 0.1) is 6.20 Å². The highest BCUT2D eigenvalue weighted by Gasteiger charge is 2.02. The van der Waals surface area contributed by atoms with Crippen LogP contribution in [0.25, 0.3) is 11.1 Å². The number of rotatable bonds is 1. The van der Waals surface area contributed by atoms with Crippen molar-refractivity contribution in [1.82, 2.24) is 4.98 Å². The Morgan fingerprint density at radius 1 is 0.867 bits per heavy atom. The van der Waals surface area contributed by atoms with Gasteiger partial charge in [-0.2, -0.15) is 0 Å². The highest BCUT2D eigenvalue weighted by atomic mass is 35.5. The van der Waals surface area contributed by atoms with Gasteiger partial charge in [0, 0.05) is 21.8 Å². The minimum Gasteiger partial charge on any atom is -0.506 e. The third kappa shape index (κ3) is 2.41. The Bertz CT molecular complexity index is 479. The Hall–Kier alpha value is -1.25. The van der Waals surface area contributed by atoms with Crippen molar-refractivity contribution in [1.29, 1.82) is 0 Å². The second-order valence-corrected chi connectivity index (χ2v) is 3.96. The van der Waals surface area contributed by atoms with Crippen LogP contribution in [0, 0.1) is 0 Å². The fourth-order valence-electron chi connectivity index (χ4n) is 1.31. The molecule has 0 amide bonds. The molecule has 0 atom stereocenters. The summed E-state index contributed by atoms with van der Waals surface area (Å²) in [6.45, 7) is 0. The molecular formula is C11H7Cl2NO. The molecule has 1 N–H and O–H groups in total. The molecule has 0 spiro atoms. The van der Waals surface area contributed by atoms with Crippen LogP contribution in [0.15, 0.2) is 36.7 Å². The van der Waals surface area contributed by atoms with E-state index in [0.717, 1.165) is 11.1 Å². The first-order chi connectivity index (χ1) is 7.15. The standard InChI is InChI=1S/C11H7Cl2NO/c12-9-1-7(2-10(13)4-9)8-3-11(15)6-14-5-8/h1-6,15H. The summed E-state index contributed by atoms with van der Waals surface area (Å²) in [6.07, 6.45) is 3.01. The fourth-order valence-corrected chi connectivity index (χ4v) is 1.83. The van der Waals surface area contributed by atoms with E-state index in [1.54, 1.807) is 30.5 Å². The number of aromatic hydroxyl groups is 1. The van der Waals surface area contributed by atoms with E-state index in [4.69, 9.17) is 23.2 Å². The molecule has 0 radical (unpaired) electrons. The second kappa shape index (κ2) is 4.09. The number of halogens is 2. The first-order valence-corrected chi connectivity index (χ1v) is 5.01. The van der Waals surface area contributed by atoms with Crippen LogP contribution in [-0.2, 0) is 0 Å². The maximum absolute atomic E-state index is 9.28. The number of hydrogen-bond donors (Lipinski definition) is 1. The predicted octanol–water partition coefficient (Wildman–Crippen LogP) is 3.76. The van der Waals surface area contributed by atoms with E-state index in [2.05, 4.69) is 4.98 Å². The lowest BCUT2D eigenvalue weighted by Gasteiger charge is -2.03. The molecule has 2 rings (SSSR count). The van der Waals surface area contributed by atoms with Crippen LogP contribution in [0.5, 0.6) is 5.75 Å². The van der Waals surface area contributed by atoms with Crippen molar-refractivity contribution in [3.8, 4) is 16.9 Å². The van der Waals surface area contributed by atoms with Gasteiger partial charge >= 0.3 is 0 Å². The topological polar surface area (TPSA) is 33.1 Å². The van der Waals surface area contributed by atoms with Gasteiger partial charge in [-0.1, -0.05) is 23.2 Å². The van der Waals surface area contributed by atoms with E-state index < -0.39 is 0 Å². The molecule has 0 aliphatic rings. The van der Waals surface area contributed by atoms with Gasteiger partial charge in [-0.25, -0.2) is 0 Å². The monoisotopic (exact) mass is 239 g/mol. The summed E-state index contributed by atoms with van der Waals surface area (Å²) in [4.78, 5) is 3.88. The Labute approximate surface area is 97.1 Å². The largest absolute Gasteiger partial charge is 0.506 e. The van der Waals surface area contributed by atoms with Gasteiger partial charge in [0.15, 0.2) is 0 Å². The maximum Gasteiger partial charge on any atom is 0.134 e. The van der Waals surface area contributed by atoms with Gasteiger partial charge in [0.1, 0.15) is 5.75 Å². The number of hydrogen-bond acceptors (Lipinski definition) is 2. The van der Waals surface area contributed by atoms with Crippen molar-refractivity contribution >= 4 is 23.2 Å². The summed E-state index contributed by atoms with van der Waals surface area (Å²) >= 11 is 11.7. The minimum absolute atomic E-state index is 0.114. The van der Waals surface area contributed by atoms with Gasteiger partial charge in [-0.05, 0) is 29.8 Å². The van der Waals surface area contributed by atoms with Crippen molar-refractivity contribution in [2.75, 3.05) is 0 Å². The molecule has 0 aliphatic heterocycles. The van der Waals surface area contributed by atoms with E-state index in [9.17, 15) is 5.11 Å². The molecule has 0 saturated carbocycles. The number of benzene rings is 1. The molecule has 2 aromatic rings. The van der Waals surface area contributed by atoms with Crippen LogP contribution in [0.2, 0.25) is 10.0 Å².